The highest BCUT2D eigenvalue weighted by atomic mass is 79.9. The molecule has 20 heavy (non-hydrogen) atoms. The summed E-state index contributed by atoms with van der Waals surface area (Å²) in [5.41, 5.74) is 0.0367. The van der Waals surface area contributed by atoms with Gasteiger partial charge in [-0.05, 0) is 49.4 Å². The third-order valence-electron chi connectivity index (χ3n) is 4.44. The number of benzene rings is 1. The number of hydrogen-bond donors (Lipinski definition) is 0. The summed E-state index contributed by atoms with van der Waals surface area (Å²) in [5, 5.41) is 0. The topological polar surface area (TPSA) is 9.23 Å². The Kier molecular flexibility index (Phi) is 6.51. The number of rotatable bonds is 7. The zero-order valence-corrected chi connectivity index (χ0v) is 14.7. The van der Waals surface area contributed by atoms with Gasteiger partial charge < -0.3 is 4.74 Å². The first kappa shape index (κ1) is 16.5. The molecule has 1 aromatic carbocycles. The van der Waals surface area contributed by atoms with Crippen LogP contribution in [0.1, 0.15) is 32.1 Å². The summed E-state index contributed by atoms with van der Waals surface area (Å²) in [5.74, 6) is 2.82. The number of hydrogen-bond acceptors (Lipinski definition) is 1. The molecule has 1 nitrogen and oxygen atoms in total. The minimum absolute atomic E-state index is 0.0367. The molecule has 0 radical (unpaired) electrons. The average molecular weight is 380 g/mol. The highest BCUT2D eigenvalue weighted by Crippen LogP contribution is 2.44. The molecule has 0 bridgehead atoms. The Morgan fingerprint density at radius 2 is 1.70 bits per heavy atom. The van der Waals surface area contributed by atoms with Crippen LogP contribution >= 0.6 is 39.1 Å². The molecule has 0 spiro atoms. The van der Waals surface area contributed by atoms with Crippen molar-refractivity contribution in [3.05, 3.63) is 28.7 Å². The lowest BCUT2D eigenvalue weighted by molar-refractivity contribution is 0.163. The molecule has 0 amide bonds. The van der Waals surface area contributed by atoms with Crippen molar-refractivity contribution in [2.75, 3.05) is 18.4 Å². The Morgan fingerprint density at radius 3 is 2.25 bits per heavy atom. The first-order chi connectivity index (χ1) is 9.70. The zero-order valence-electron chi connectivity index (χ0n) is 11.6. The highest BCUT2D eigenvalue weighted by molar-refractivity contribution is 9.10. The Labute approximate surface area is 140 Å². The second-order valence-electron chi connectivity index (χ2n) is 5.66. The summed E-state index contributed by atoms with van der Waals surface area (Å²) in [6, 6.07) is 7.93. The van der Waals surface area contributed by atoms with E-state index in [9.17, 15) is 0 Å². The van der Waals surface area contributed by atoms with Crippen molar-refractivity contribution in [1.29, 1.82) is 0 Å². The fourth-order valence-electron chi connectivity index (χ4n) is 3.03. The van der Waals surface area contributed by atoms with Crippen LogP contribution in [0, 0.1) is 11.3 Å². The molecule has 0 aromatic heterocycles. The van der Waals surface area contributed by atoms with Crippen LogP contribution in [0.5, 0.6) is 5.75 Å². The van der Waals surface area contributed by atoms with Crippen LogP contribution in [0.4, 0.5) is 0 Å². The highest BCUT2D eigenvalue weighted by Gasteiger charge is 2.38. The SMILES string of the molecule is ClCC(CCl)(CCOc1ccc(Br)cc1)C1CCCC1. The molecule has 1 aliphatic carbocycles. The average Bonchev–Trinajstić information content (AvgIpc) is 3.01. The smallest absolute Gasteiger partial charge is 0.119 e. The van der Waals surface area contributed by atoms with E-state index in [1.54, 1.807) is 0 Å². The van der Waals surface area contributed by atoms with Gasteiger partial charge in [-0.25, -0.2) is 0 Å². The van der Waals surface area contributed by atoms with Crippen molar-refractivity contribution in [3.8, 4) is 5.75 Å². The maximum Gasteiger partial charge on any atom is 0.119 e. The zero-order chi connectivity index (χ0) is 14.4. The van der Waals surface area contributed by atoms with Crippen LogP contribution in [0.2, 0.25) is 0 Å². The van der Waals surface area contributed by atoms with Gasteiger partial charge in [0.15, 0.2) is 0 Å². The minimum atomic E-state index is 0.0367. The normalized spacial score (nSPS) is 16.6. The van der Waals surface area contributed by atoms with E-state index in [4.69, 9.17) is 27.9 Å². The largest absolute Gasteiger partial charge is 0.494 e. The second kappa shape index (κ2) is 7.91. The third-order valence-corrected chi connectivity index (χ3v) is 6.03. The number of alkyl halides is 2. The van der Waals surface area contributed by atoms with E-state index in [1.165, 1.54) is 25.7 Å². The molecular weight excluding hydrogens is 359 g/mol. The van der Waals surface area contributed by atoms with Crippen molar-refractivity contribution >= 4 is 39.1 Å². The molecule has 0 atom stereocenters. The van der Waals surface area contributed by atoms with E-state index >= 15 is 0 Å². The van der Waals surface area contributed by atoms with Crippen molar-refractivity contribution in [2.24, 2.45) is 11.3 Å². The molecule has 0 heterocycles. The fraction of sp³-hybridized carbons (Fsp3) is 0.625. The molecule has 0 aliphatic heterocycles. The number of ether oxygens (including phenoxy) is 1. The monoisotopic (exact) mass is 378 g/mol. The van der Waals surface area contributed by atoms with Crippen LogP contribution < -0.4 is 4.74 Å². The van der Waals surface area contributed by atoms with Gasteiger partial charge in [0.25, 0.3) is 0 Å². The molecule has 1 aliphatic rings. The van der Waals surface area contributed by atoms with Gasteiger partial charge in [-0.15, -0.1) is 23.2 Å². The predicted molar refractivity (Wildman–Crippen MR) is 90.1 cm³/mol. The van der Waals surface area contributed by atoms with Gasteiger partial charge in [0.2, 0.25) is 0 Å². The molecule has 1 saturated carbocycles. The Hall–Kier alpha value is 0.0800. The predicted octanol–water partition coefficient (Wildman–Crippen LogP) is 5.87. The van der Waals surface area contributed by atoms with Crippen molar-refractivity contribution < 1.29 is 4.74 Å². The Balaban J connectivity index is 1.90. The van der Waals surface area contributed by atoms with Crippen molar-refractivity contribution in [3.63, 3.8) is 0 Å². The minimum Gasteiger partial charge on any atom is -0.494 e. The maximum absolute atomic E-state index is 6.26. The van der Waals surface area contributed by atoms with Crippen LogP contribution in [0.3, 0.4) is 0 Å². The molecule has 0 unspecified atom stereocenters. The van der Waals surface area contributed by atoms with Gasteiger partial charge >= 0.3 is 0 Å². The quantitative estimate of drug-likeness (QED) is 0.538. The van der Waals surface area contributed by atoms with Gasteiger partial charge in [-0.3, -0.25) is 0 Å². The summed E-state index contributed by atoms with van der Waals surface area (Å²) in [6.45, 7) is 0.678. The molecular formula is C16H21BrCl2O. The van der Waals surface area contributed by atoms with Crippen molar-refractivity contribution in [1.82, 2.24) is 0 Å². The second-order valence-corrected chi connectivity index (χ2v) is 7.11. The first-order valence-corrected chi connectivity index (χ1v) is 9.07. The van der Waals surface area contributed by atoms with E-state index in [1.807, 2.05) is 24.3 Å². The van der Waals surface area contributed by atoms with Crippen LogP contribution in [-0.4, -0.2) is 18.4 Å². The van der Waals surface area contributed by atoms with Gasteiger partial charge in [0.05, 0.1) is 6.61 Å². The summed E-state index contributed by atoms with van der Waals surface area (Å²) in [6.07, 6.45) is 6.08. The molecule has 1 fully saturated rings. The van der Waals surface area contributed by atoms with E-state index in [0.717, 1.165) is 16.6 Å². The van der Waals surface area contributed by atoms with E-state index < -0.39 is 0 Å². The lowest BCUT2D eigenvalue weighted by atomic mass is 9.75. The van der Waals surface area contributed by atoms with Gasteiger partial charge in [0.1, 0.15) is 5.75 Å². The van der Waals surface area contributed by atoms with E-state index in [0.29, 0.717) is 24.3 Å². The summed E-state index contributed by atoms with van der Waals surface area (Å²) < 4.78 is 6.90. The fourth-order valence-corrected chi connectivity index (χ4v) is 4.29. The molecule has 0 saturated heterocycles. The molecule has 4 heteroatoms. The van der Waals surface area contributed by atoms with Crippen LogP contribution in [0.15, 0.2) is 28.7 Å². The molecule has 1 aromatic rings. The third kappa shape index (κ3) is 4.05. The van der Waals surface area contributed by atoms with Gasteiger partial charge in [0, 0.05) is 21.6 Å². The van der Waals surface area contributed by atoms with E-state index in [-0.39, 0.29) is 5.41 Å². The first-order valence-electron chi connectivity index (χ1n) is 7.20. The van der Waals surface area contributed by atoms with Gasteiger partial charge in [-0.2, -0.15) is 0 Å². The Morgan fingerprint density at radius 1 is 1.10 bits per heavy atom. The van der Waals surface area contributed by atoms with E-state index in [2.05, 4.69) is 15.9 Å². The summed E-state index contributed by atoms with van der Waals surface area (Å²) in [4.78, 5) is 0. The summed E-state index contributed by atoms with van der Waals surface area (Å²) >= 11 is 15.9. The molecule has 112 valence electrons. The van der Waals surface area contributed by atoms with Crippen LogP contribution in [0.25, 0.3) is 0 Å². The van der Waals surface area contributed by atoms with Crippen LogP contribution in [-0.2, 0) is 0 Å². The molecule has 0 N–H and O–H groups in total. The maximum atomic E-state index is 6.26. The standard InChI is InChI=1S/C16H21BrCl2O/c17-14-5-7-15(8-6-14)20-10-9-16(11-18,12-19)13-3-1-2-4-13/h5-8,13H,1-4,9-12H2. The molecule has 2 rings (SSSR count). The summed E-state index contributed by atoms with van der Waals surface area (Å²) in [7, 11) is 0. The van der Waals surface area contributed by atoms with Gasteiger partial charge in [-0.1, -0.05) is 28.8 Å². The lowest BCUT2D eigenvalue weighted by Gasteiger charge is -2.35. The Bertz CT molecular complexity index is 397. The van der Waals surface area contributed by atoms with Crippen molar-refractivity contribution in [2.45, 2.75) is 32.1 Å². The lowest BCUT2D eigenvalue weighted by Crippen LogP contribution is -2.35. The number of halogens is 3.